The number of imidazole rings is 1. The van der Waals surface area contributed by atoms with Gasteiger partial charge in [0, 0.05) is 17.7 Å². The molecule has 36 heavy (non-hydrogen) atoms. The van der Waals surface area contributed by atoms with E-state index in [4.69, 9.17) is 14.2 Å². The number of hydrogen-bond donors (Lipinski definition) is 1. The highest BCUT2D eigenvalue weighted by atomic mass is 16.5. The van der Waals surface area contributed by atoms with Gasteiger partial charge >= 0.3 is 5.76 Å². The molecule has 7 rings (SSSR count). The number of pyridine rings is 1. The first kappa shape index (κ1) is 20.9. The predicted octanol–water partition coefficient (Wildman–Crippen LogP) is 4.82. The molecule has 178 valence electrons. The Morgan fingerprint density at radius 1 is 1.14 bits per heavy atom. The first-order valence-electron chi connectivity index (χ1n) is 12.1. The van der Waals surface area contributed by atoms with Crippen LogP contribution in [0.2, 0.25) is 0 Å². The highest BCUT2D eigenvalue weighted by Gasteiger charge is 2.30. The van der Waals surface area contributed by atoms with E-state index in [9.17, 15) is 4.79 Å². The molecule has 3 aromatic heterocycles. The first-order valence-corrected chi connectivity index (χ1v) is 12.1. The number of aryl methyl sites for hydroxylation is 1. The molecule has 8 nitrogen and oxygen atoms in total. The lowest BCUT2D eigenvalue weighted by Crippen LogP contribution is -2.06. The van der Waals surface area contributed by atoms with Crippen LogP contribution < -0.4 is 10.5 Å². The van der Waals surface area contributed by atoms with Gasteiger partial charge in [-0.1, -0.05) is 35.5 Å². The van der Waals surface area contributed by atoms with E-state index in [2.05, 4.69) is 44.8 Å². The predicted molar refractivity (Wildman–Crippen MR) is 135 cm³/mol. The van der Waals surface area contributed by atoms with Crippen molar-refractivity contribution in [1.82, 2.24) is 24.7 Å². The summed E-state index contributed by atoms with van der Waals surface area (Å²) in [6.07, 6.45) is 6.05. The summed E-state index contributed by atoms with van der Waals surface area (Å²) in [5, 5.41) is 3.84. The lowest BCUT2D eigenvalue weighted by molar-refractivity contribution is 0.307. The average Bonchev–Trinajstić information content (AvgIpc) is 3.58. The molecule has 0 atom stereocenters. The van der Waals surface area contributed by atoms with Gasteiger partial charge in [0.1, 0.15) is 23.7 Å². The Hall–Kier alpha value is -4.46. The van der Waals surface area contributed by atoms with Crippen LogP contribution in [-0.2, 0) is 13.2 Å². The summed E-state index contributed by atoms with van der Waals surface area (Å²) in [6, 6.07) is 16.4. The van der Waals surface area contributed by atoms with Gasteiger partial charge in [-0.25, -0.2) is 14.8 Å². The van der Waals surface area contributed by atoms with Crippen LogP contribution >= 0.6 is 0 Å². The Labute approximate surface area is 206 Å². The second kappa shape index (κ2) is 8.05. The number of ether oxygens (including phenoxy) is 1. The third kappa shape index (κ3) is 3.53. The second-order valence-corrected chi connectivity index (χ2v) is 9.45. The van der Waals surface area contributed by atoms with Gasteiger partial charge in [0.2, 0.25) is 0 Å². The SMILES string of the molecule is Cc1ccnc2c1nc(C1CC1)n2Cc1ccc2c(c1)COc1ccccc1/C2=C\c1noc(=O)[nH]1. The van der Waals surface area contributed by atoms with E-state index in [0.717, 1.165) is 56.1 Å². The van der Waals surface area contributed by atoms with Crippen LogP contribution in [0.1, 0.15) is 58.2 Å². The Kier molecular flexibility index (Phi) is 4.67. The molecule has 1 fully saturated rings. The summed E-state index contributed by atoms with van der Waals surface area (Å²) in [5.74, 6) is 2.20. The molecule has 8 heteroatoms. The zero-order chi connectivity index (χ0) is 24.2. The fourth-order valence-electron chi connectivity index (χ4n) is 4.99. The summed E-state index contributed by atoms with van der Waals surface area (Å²) < 4.78 is 13.2. The van der Waals surface area contributed by atoms with Crippen LogP contribution in [0.25, 0.3) is 22.8 Å². The molecule has 0 radical (unpaired) electrons. The van der Waals surface area contributed by atoms with Crippen molar-refractivity contribution in [1.29, 1.82) is 0 Å². The summed E-state index contributed by atoms with van der Waals surface area (Å²) in [6.45, 7) is 3.21. The highest BCUT2D eigenvalue weighted by molar-refractivity contribution is 5.93. The summed E-state index contributed by atoms with van der Waals surface area (Å²) >= 11 is 0. The van der Waals surface area contributed by atoms with Crippen LogP contribution in [0.3, 0.4) is 0 Å². The minimum Gasteiger partial charge on any atom is -0.488 e. The van der Waals surface area contributed by atoms with Gasteiger partial charge in [-0.2, -0.15) is 0 Å². The van der Waals surface area contributed by atoms with Crippen LogP contribution in [0.15, 0.2) is 64.0 Å². The Morgan fingerprint density at radius 3 is 2.86 bits per heavy atom. The van der Waals surface area contributed by atoms with Gasteiger partial charge in [-0.05, 0) is 71.9 Å². The Bertz CT molecular complexity index is 1720. The van der Waals surface area contributed by atoms with Gasteiger partial charge in [0.15, 0.2) is 11.5 Å². The highest BCUT2D eigenvalue weighted by Crippen LogP contribution is 2.41. The molecule has 1 N–H and O–H groups in total. The number of nitrogens with zero attached hydrogens (tertiary/aromatic N) is 4. The Morgan fingerprint density at radius 2 is 2.03 bits per heavy atom. The van der Waals surface area contributed by atoms with E-state index in [1.165, 1.54) is 12.8 Å². The number of rotatable bonds is 4. The molecular formula is C28H23N5O3. The molecule has 0 bridgehead atoms. The van der Waals surface area contributed by atoms with Crippen molar-refractivity contribution in [3.05, 3.63) is 105 Å². The van der Waals surface area contributed by atoms with E-state index in [1.807, 2.05) is 42.6 Å². The fourth-order valence-corrected chi connectivity index (χ4v) is 4.99. The molecule has 5 aromatic rings. The maximum Gasteiger partial charge on any atom is 0.439 e. The number of benzene rings is 2. The zero-order valence-electron chi connectivity index (χ0n) is 19.7. The van der Waals surface area contributed by atoms with Crippen molar-refractivity contribution in [2.75, 3.05) is 0 Å². The number of para-hydroxylation sites is 1. The number of aromatic nitrogens is 5. The molecule has 0 amide bonds. The normalized spacial score (nSPS) is 16.0. The van der Waals surface area contributed by atoms with Crippen molar-refractivity contribution in [3.63, 3.8) is 0 Å². The second-order valence-electron chi connectivity index (χ2n) is 9.45. The zero-order valence-corrected chi connectivity index (χ0v) is 19.7. The lowest BCUT2D eigenvalue weighted by Gasteiger charge is -2.13. The maximum absolute atomic E-state index is 11.5. The molecule has 0 saturated heterocycles. The molecule has 1 aliphatic heterocycles. The molecule has 0 unspecified atom stereocenters. The van der Waals surface area contributed by atoms with Crippen molar-refractivity contribution in [3.8, 4) is 5.75 Å². The minimum atomic E-state index is -0.585. The van der Waals surface area contributed by atoms with E-state index in [-0.39, 0.29) is 0 Å². The number of fused-ring (bicyclic) bond motifs is 3. The Balaban J connectivity index is 1.33. The monoisotopic (exact) mass is 477 g/mol. The lowest BCUT2D eigenvalue weighted by atomic mass is 9.92. The molecular weight excluding hydrogens is 454 g/mol. The summed E-state index contributed by atoms with van der Waals surface area (Å²) in [4.78, 5) is 23.8. The molecule has 2 aromatic carbocycles. The van der Waals surface area contributed by atoms with Crippen LogP contribution in [-0.4, -0.2) is 24.7 Å². The molecule has 1 aliphatic carbocycles. The number of nitrogens with one attached hydrogen (secondary N) is 1. The van der Waals surface area contributed by atoms with Gasteiger partial charge in [0.05, 0.1) is 6.54 Å². The average molecular weight is 478 g/mol. The van der Waals surface area contributed by atoms with Gasteiger partial charge in [-0.15, -0.1) is 0 Å². The fraction of sp³-hybridized carbons (Fsp3) is 0.214. The molecule has 2 aliphatic rings. The molecule has 4 heterocycles. The van der Waals surface area contributed by atoms with Crippen LogP contribution in [0.4, 0.5) is 0 Å². The topological polar surface area (TPSA) is 98.8 Å². The van der Waals surface area contributed by atoms with Gasteiger partial charge in [-0.3, -0.25) is 9.51 Å². The van der Waals surface area contributed by atoms with Crippen molar-refractivity contribution in [2.45, 2.75) is 38.8 Å². The van der Waals surface area contributed by atoms with Gasteiger partial charge in [0.25, 0.3) is 0 Å². The van der Waals surface area contributed by atoms with Crippen LogP contribution in [0, 0.1) is 6.92 Å². The molecule has 1 saturated carbocycles. The number of aromatic amines is 1. The van der Waals surface area contributed by atoms with Gasteiger partial charge < -0.3 is 9.30 Å². The summed E-state index contributed by atoms with van der Waals surface area (Å²) in [7, 11) is 0. The largest absolute Gasteiger partial charge is 0.488 e. The number of H-pyrrole nitrogens is 1. The van der Waals surface area contributed by atoms with Crippen molar-refractivity contribution >= 4 is 22.8 Å². The van der Waals surface area contributed by atoms with Crippen LogP contribution in [0.5, 0.6) is 5.75 Å². The molecule has 0 spiro atoms. The maximum atomic E-state index is 11.5. The van der Waals surface area contributed by atoms with Crippen molar-refractivity contribution < 1.29 is 9.26 Å². The van der Waals surface area contributed by atoms with E-state index in [1.54, 1.807) is 0 Å². The van der Waals surface area contributed by atoms with E-state index in [0.29, 0.717) is 24.9 Å². The van der Waals surface area contributed by atoms with E-state index < -0.39 is 5.76 Å². The third-order valence-corrected chi connectivity index (χ3v) is 6.91. The summed E-state index contributed by atoms with van der Waals surface area (Å²) in [5.41, 5.74) is 8.16. The first-order chi connectivity index (χ1) is 17.6. The number of hydrogen-bond acceptors (Lipinski definition) is 6. The van der Waals surface area contributed by atoms with E-state index >= 15 is 0 Å². The standard InChI is InChI=1S/C28H23N5O3/c1-16-10-11-29-27-25(16)31-26(18-7-8-18)33(27)14-17-6-9-20-19(12-17)15-35-23-5-3-2-4-21(23)22(20)13-24-30-28(34)36-32-24/h2-6,9-13,18H,7-8,14-15H2,1H3,(H,30,32,34)/b22-13-. The quantitative estimate of drug-likeness (QED) is 0.398. The van der Waals surface area contributed by atoms with Crippen molar-refractivity contribution in [2.24, 2.45) is 0 Å². The smallest absolute Gasteiger partial charge is 0.439 e. The minimum absolute atomic E-state index is 0.363. The third-order valence-electron chi connectivity index (χ3n) is 6.91.